The maximum absolute atomic E-state index is 12.7. The van der Waals surface area contributed by atoms with Gasteiger partial charge in [0.1, 0.15) is 11.6 Å². The van der Waals surface area contributed by atoms with Crippen molar-refractivity contribution in [2.24, 2.45) is 5.92 Å². The molecule has 1 aliphatic heterocycles. The predicted molar refractivity (Wildman–Crippen MR) is 76.2 cm³/mol. The molecular weight excluding hydrogens is 256 g/mol. The van der Waals surface area contributed by atoms with Gasteiger partial charge >= 0.3 is 0 Å². The molecule has 1 unspecified atom stereocenters. The Hall–Kier alpha value is -1.10. The van der Waals surface area contributed by atoms with Gasteiger partial charge in [0.2, 0.25) is 11.8 Å². The first kappa shape index (κ1) is 15.3. The summed E-state index contributed by atoms with van der Waals surface area (Å²) in [5, 5.41) is 2.96. The third kappa shape index (κ3) is 2.97. The van der Waals surface area contributed by atoms with Gasteiger partial charge in [0.05, 0.1) is 6.61 Å². The molecule has 0 radical (unpaired) electrons. The lowest BCUT2D eigenvalue weighted by Crippen LogP contribution is -2.69. The van der Waals surface area contributed by atoms with E-state index in [0.29, 0.717) is 25.7 Å². The fourth-order valence-electron chi connectivity index (χ4n) is 3.08. The van der Waals surface area contributed by atoms with Crippen molar-refractivity contribution in [3.63, 3.8) is 0 Å². The molecule has 114 valence electrons. The highest BCUT2D eigenvalue weighted by Gasteiger charge is 2.50. The number of carbonyl (C=O) groups is 2. The van der Waals surface area contributed by atoms with Gasteiger partial charge in [-0.2, -0.15) is 0 Å². The van der Waals surface area contributed by atoms with Crippen molar-refractivity contribution in [3.8, 4) is 0 Å². The summed E-state index contributed by atoms with van der Waals surface area (Å²) in [4.78, 5) is 26.5. The first-order valence-corrected chi connectivity index (χ1v) is 7.67. The molecule has 1 saturated carbocycles. The summed E-state index contributed by atoms with van der Waals surface area (Å²) in [6, 6.07) is -0.392. The summed E-state index contributed by atoms with van der Waals surface area (Å²) in [6.07, 6.45) is 3.57. The molecule has 1 N–H and O–H groups in total. The molecule has 5 heteroatoms. The normalized spacial score (nSPS) is 25.6. The Bertz CT molecular complexity index is 375. The second kappa shape index (κ2) is 6.12. The van der Waals surface area contributed by atoms with E-state index in [0.717, 1.165) is 25.7 Å². The van der Waals surface area contributed by atoms with Gasteiger partial charge in [-0.15, -0.1) is 0 Å². The molecule has 1 spiro atoms. The van der Waals surface area contributed by atoms with E-state index >= 15 is 0 Å². The van der Waals surface area contributed by atoms with Gasteiger partial charge in [0.15, 0.2) is 0 Å². The minimum absolute atomic E-state index is 0.0321. The Labute approximate surface area is 121 Å². The first-order valence-electron chi connectivity index (χ1n) is 7.67. The van der Waals surface area contributed by atoms with Crippen LogP contribution < -0.4 is 5.32 Å². The number of piperazine rings is 1. The van der Waals surface area contributed by atoms with Crippen molar-refractivity contribution in [2.75, 3.05) is 19.8 Å². The predicted octanol–water partition coefficient (Wildman–Crippen LogP) is 1.32. The van der Waals surface area contributed by atoms with Crippen LogP contribution >= 0.6 is 0 Å². The molecule has 2 fully saturated rings. The van der Waals surface area contributed by atoms with E-state index in [2.05, 4.69) is 19.2 Å². The average Bonchev–Trinajstić information content (AvgIpc) is 2.85. The van der Waals surface area contributed by atoms with Crippen LogP contribution in [0.2, 0.25) is 0 Å². The molecule has 1 aliphatic carbocycles. The molecule has 1 atom stereocenters. The summed E-state index contributed by atoms with van der Waals surface area (Å²) in [5.74, 6) is 0.527. The van der Waals surface area contributed by atoms with Crippen LogP contribution in [0.25, 0.3) is 0 Å². The zero-order valence-electron chi connectivity index (χ0n) is 12.8. The number of nitrogens with one attached hydrogen (secondary N) is 1. The average molecular weight is 282 g/mol. The molecule has 0 aromatic heterocycles. The smallest absolute Gasteiger partial charge is 0.249 e. The highest BCUT2D eigenvalue weighted by atomic mass is 16.5. The molecule has 2 amide bonds. The number of nitrogens with zero attached hydrogens (tertiary/aromatic N) is 1. The molecule has 2 rings (SSSR count). The third-order valence-corrected chi connectivity index (χ3v) is 4.26. The van der Waals surface area contributed by atoms with Crippen LogP contribution in [0.15, 0.2) is 0 Å². The van der Waals surface area contributed by atoms with Crippen LogP contribution in [-0.4, -0.2) is 48.1 Å². The molecule has 5 nitrogen and oxygen atoms in total. The summed E-state index contributed by atoms with van der Waals surface area (Å²) in [7, 11) is 0. The number of hydrogen-bond donors (Lipinski definition) is 1. The van der Waals surface area contributed by atoms with E-state index in [1.54, 1.807) is 11.8 Å². The molecular formula is C15H26N2O3. The van der Waals surface area contributed by atoms with Crippen molar-refractivity contribution in [1.29, 1.82) is 0 Å². The first-order chi connectivity index (χ1) is 9.46. The third-order valence-electron chi connectivity index (χ3n) is 4.26. The largest absolute Gasteiger partial charge is 0.379 e. The fraction of sp³-hybridized carbons (Fsp3) is 0.867. The Morgan fingerprint density at radius 1 is 1.35 bits per heavy atom. The van der Waals surface area contributed by atoms with Gasteiger partial charge in [0, 0.05) is 13.2 Å². The second-order valence-electron chi connectivity index (χ2n) is 6.42. The summed E-state index contributed by atoms with van der Waals surface area (Å²) < 4.78 is 5.56. The molecule has 1 saturated heterocycles. The van der Waals surface area contributed by atoms with E-state index in [4.69, 9.17) is 4.74 Å². The standard InChI is InChI=1S/C15H26N2O3/c1-11(2)10-20-9-8-17-12(3)13(18)16-15(14(17)19)6-4-5-7-15/h11-12H,4-10H2,1-3H3,(H,16,18). The highest BCUT2D eigenvalue weighted by Crippen LogP contribution is 2.34. The lowest BCUT2D eigenvalue weighted by molar-refractivity contribution is -0.155. The van der Waals surface area contributed by atoms with Crippen molar-refractivity contribution in [2.45, 2.75) is 58.0 Å². The SMILES string of the molecule is CC(C)COCCN1C(=O)C2(CCCC2)NC(=O)C1C. The molecule has 0 aromatic carbocycles. The van der Waals surface area contributed by atoms with E-state index in [9.17, 15) is 9.59 Å². The van der Waals surface area contributed by atoms with Crippen molar-refractivity contribution in [3.05, 3.63) is 0 Å². The van der Waals surface area contributed by atoms with Gasteiger partial charge in [-0.1, -0.05) is 26.7 Å². The summed E-state index contributed by atoms with van der Waals surface area (Å²) in [5.41, 5.74) is -0.623. The van der Waals surface area contributed by atoms with Crippen LogP contribution in [0.3, 0.4) is 0 Å². The monoisotopic (exact) mass is 282 g/mol. The Balaban J connectivity index is 1.97. The molecule has 20 heavy (non-hydrogen) atoms. The van der Waals surface area contributed by atoms with E-state index in [1.807, 2.05) is 0 Å². The quantitative estimate of drug-likeness (QED) is 0.774. The highest BCUT2D eigenvalue weighted by molar-refractivity contribution is 5.99. The van der Waals surface area contributed by atoms with E-state index in [-0.39, 0.29) is 11.8 Å². The topological polar surface area (TPSA) is 58.6 Å². The van der Waals surface area contributed by atoms with Crippen LogP contribution in [0.1, 0.15) is 46.5 Å². The van der Waals surface area contributed by atoms with Crippen molar-refractivity contribution in [1.82, 2.24) is 10.2 Å². The fourth-order valence-corrected chi connectivity index (χ4v) is 3.08. The maximum Gasteiger partial charge on any atom is 0.249 e. The number of hydrogen-bond acceptors (Lipinski definition) is 3. The minimum Gasteiger partial charge on any atom is -0.379 e. The maximum atomic E-state index is 12.7. The van der Waals surface area contributed by atoms with E-state index < -0.39 is 11.6 Å². The van der Waals surface area contributed by atoms with E-state index in [1.165, 1.54) is 0 Å². The number of rotatable bonds is 5. The van der Waals surface area contributed by atoms with Gasteiger partial charge in [-0.25, -0.2) is 0 Å². The lowest BCUT2D eigenvalue weighted by Gasteiger charge is -2.43. The summed E-state index contributed by atoms with van der Waals surface area (Å²) in [6.45, 7) is 7.66. The molecule has 0 aromatic rings. The van der Waals surface area contributed by atoms with Gasteiger partial charge in [-0.05, 0) is 25.7 Å². The minimum atomic E-state index is -0.623. The molecule has 2 aliphatic rings. The van der Waals surface area contributed by atoms with Crippen LogP contribution in [0.5, 0.6) is 0 Å². The zero-order valence-corrected chi connectivity index (χ0v) is 12.8. The number of carbonyl (C=O) groups excluding carboxylic acids is 2. The molecule has 0 bridgehead atoms. The van der Waals surface area contributed by atoms with Crippen LogP contribution in [0, 0.1) is 5.92 Å². The van der Waals surface area contributed by atoms with Crippen molar-refractivity contribution < 1.29 is 14.3 Å². The Kier molecular flexibility index (Phi) is 4.68. The number of ether oxygens (including phenoxy) is 1. The van der Waals surface area contributed by atoms with Crippen LogP contribution in [-0.2, 0) is 14.3 Å². The van der Waals surface area contributed by atoms with Crippen molar-refractivity contribution >= 4 is 11.8 Å². The van der Waals surface area contributed by atoms with Gasteiger partial charge in [-0.3, -0.25) is 9.59 Å². The Morgan fingerprint density at radius 2 is 2.00 bits per heavy atom. The number of amides is 2. The zero-order chi connectivity index (χ0) is 14.8. The van der Waals surface area contributed by atoms with Gasteiger partial charge in [0.25, 0.3) is 0 Å². The molecule has 1 heterocycles. The van der Waals surface area contributed by atoms with Gasteiger partial charge < -0.3 is 15.0 Å². The lowest BCUT2D eigenvalue weighted by atomic mass is 9.91. The van der Waals surface area contributed by atoms with Crippen LogP contribution in [0.4, 0.5) is 0 Å². The Morgan fingerprint density at radius 3 is 2.60 bits per heavy atom. The second-order valence-corrected chi connectivity index (χ2v) is 6.42. The summed E-state index contributed by atoms with van der Waals surface area (Å²) >= 11 is 0.